The van der Waals surface area contributed by atoms with Crippen LogP contribution in [0.3, 0.4) is 0 Å². The van der Waals surface area contributed by atoms with Crippen LogP contribution in [-0.4, -0.2) is 12.8 Å². The van der Waals surface area contributed by atoms with Crippen LogP contribution in [0.4, 0.5) is 5.69 Å². The Balaban J connectivity index is 2.54. The zero-order chi connectivity index (χ0) is 14.8. The largest absolute Gasteiger partial charge is 0.492 e. The molecule has 1 rings (SSSR count). The normalized spacial score (nSPS) is 12.7. The van der Waals surface area contributed by atoms with Crippen LogP contribution in [0.5, 0.6) is 5.75 Å². The smallest absolute Gasteiger partial charge is 0.138 e. The van der Waals surface area contributed by atoms with Gasteiger partial charge in [-0.25, -0.2) is 0 Å². The molecule has 1 aromatic rings. The number of benzene rings is 1. The zero-order valence-electron chi connectivity index (χ0n) is 11.3. The van der Waals surface area contributed by atoms with Crippen LogP contribution in [0.2, 0.25) is 5.02 Å². The summed E-state index contributed by atoms with van der Waals surface area (Å²) in [7, 11) is 0. The summed E-state index contributed by atoms with van der Waals surface area (Å²) >= 11 is 6.15. The number of halogens is 1. The third-order valence-electron chi connectivity index (χ3n) is 2.40. The summed E-state index contributed by atoms with van der Waals surface area (Å²) in [5.41, 5.74) is 11.8. The van der Waals surface area contributed by atoms with Crippen molar-refractivity contribution >= 4 is 17.3 Å². The van der Waals surface area contributed by atoms with Crippen molar-refractivity contribution < 1.29 is 4.74 Å². The lowest BCUT2D eigenvalue weighted by Crippen LogP contribution is -2.27. The first-order valence-electron chi connectivity index (χ1n) is 6.27. The van der Waals surface area contributed by atoms with Crippen molar-refractivity contribution in [3.05, 3.63) is 60.3 Å². The van der Waals surface area contributed by atoms with E-state index in [1.165, 1.54) is 6.20 Å². The minimum Gasteiger partial charge on any atom is -0.492 e. The molecule has 1 atom stereocenters. The van der Waals surface area contributed by atoms with E-state index in [0.29, 0.717) is 17.4 Å². The van der Waals surface area contributed by atoms with Crippen molar-refractivity contribution in [3.8, 4) is 5.75 Å². The van der Waals surface area contributed by atoms with E-state index in [1.54, 1.807) is 24.3 Å². The van der Waals surface area contributed by atoms with Crippen molar-refractivity contribution in [3.63, 3.8) is 0 Å². The Morgan fingerprint density at radius 1 is 1.45 bits per heavy atom. The van der Waals surface area contributed by atoms with Crippen molar-refractivity contribution in [1.29, 1.82) is 0 Å². The monoisotopic (exact) mass is 293 g/mol. The van der Waals surface area contributed by atoms with Gasteiger partial charge in [-0.1, -0.05) is 36.4 Å². The van der Waals surface area contributed by atoms with Gasteiger partial charge in [-0.3, -0.25) is 0 Å². The Hall–Kier alpha value is -1.91. The van der Waals surface area contributed by atoms with Gasteiger partial charge < -0.3 is 21.5 Å². The van der Waals surface area contributed by atoms with Gasteiger partial charge in [-0.05, 0) is 36.9 Å². The van der Waals surface area contributed by atoms with Gasteiger partial charge >= 0.3 is 0 Å². The molecule has 0 amide bonds. The van der Waals surface area contributed by atoms with Crippen LogP contribution in [0.25, 0.3) is 0 Å². The molecule has 0 saturated heterocycles. The quantitative estimate of drug-likeness (QED) is 0.391. The number of hydrogen-bond donors (Lipinski definition) is 3. The highest BCUT2D eigenvalue weighted by atomic mass is 35.5. The van der Waals surface area contributed by atoms with E-state index in [9.17, 15) is 0 Å². The first-order chi connectivity index (χ1) is 9.67. The predicted molar refractivity (Wildman–Crippen MR) is 85.8 cm³/mol. The molecule has 20 heavy (non-hydrogen) atoms. The summed E-state index contributed by atoms with van der Waals surface area (Å²) in [6, 6.07) is 5.42. The second kappa shape index (κ2) is 9.07. The van der Waals surface area contributed by atoms with Crippen molar-refractivity contribution in [2.45, 2.75) is 12.6 Å². The average Bonchev–Trinajstić information content (AvgIpc) is 2.41. The molecule has 1 unspecified atom stereocenters. The van der Waals surface area contributed by atoms with Crippen molar-refractivity contribution in [1.82, 2.24) is 0 Å². The Morgan fingerprint density at radius 3 is 2.90 bits per heavy atom. The first-order valence-corrected chi connectivity index (χ1v) is 6.65. The van der Waals surface area contributed by atoms with Gasteiger partial charge in [0.25, 0.3) is 0 Å². The highest BCUT2D eigenvalue weighted by molar-refractivity contribution is 6.32. The molecule has 0 heterocycles. The number of anilines is 1. The number of nitrogens with two attached hydrogens (primary N) is 2. The third kappa shape index (κ3) is 5.82. The summed E-state index contributed by atoms with van der Waals surface area (Å²) in [5.74, 6) is 0.646. The van der Waals surface area contributed by atoms with Gasteiger partial charge in [0.2, 0.25) is 0 Å². The highest BCUT2D eigenvalue weighted by Crippen LogP contribution is 2.27. The predicted octanol–water partition coefficient (Wildman–Crippen LogP) is 3.02. The molecule has 108 valence electrons. The molecule has 0 aliphatic heterocycles. The van der Waals surface area contributed by atoms with Crippen LogP contribution in [0, 0.1) is 0 Å². The molecule has 0 fully saturated rings. The maximum absolute atomic E-state index is 6.15. The zero-order valence-corrected chi connectivity index (χ0v) is 12.0. The SMILES string of the molecule is C=C/C=C\CCOc1ccc(NC(N)/C=C\N)cc1Cl. The number of nitrogens with one attached hydrogen (secondary N) is 1. The van der Waals surface area contributed by atoms with Crippen LogP contribution >= 0.6 is 11.6 Å². The summed E-state index contributed by atoms with van der Waals surface area (Å²) in [4.78, 5) is 0. The molecular formula is C15H20ClN3O. The van der Waals surface area contributed by atoms with Crippen LogP contribution < -0.4 is 21.5 Å². The lowest BCUT2D eigenvalue weighted by molar-refractivity contribution is 0.325. The van der Waals surface area contributed by atoms with E-state index in [1.807, 2.05) is 18.2 Å². The van der Waals surface area contributed by atoms with E-state index in [2.05, 4.69) is 11.9 Å². The molecule has 1 aromatic carbocycles. The average molecular weight is 294 g/mol. The molecule has 5 heteroatoms. The second-order valence-corrected chi connectivity index (χ2v) is 4.41. The first kappa shape index (κ1) is 16.1. The summed E-state index contributed by atoms with van der Waals surface area (Å²) in [6.07, 6.45) is 9.07. The fourth-order valence-corrected chi connectivity index (χ4v) is 1.73. The second-order valence-electron chi connectivity index (χ2n) is 4.00. The molecule has 0 aliphatic rings. The van der Waals surface area contributed by atoms with Crippen molar-refractivity contribution in [2.24, 2.45) is 11.5 Å². The standard InChI is InChI=1S/C15H20ClN3O/c1-2-3-4-5-10-20-14-7-6-12(11-13(14)16)19-15(18)8-9-17/h2-4,6-9,11,15,19H,1,5,10,17-18H2/b4-3-,9-8-. The molecule has 4 nitrogen and oxygen atoms in total. The number of hydrogen-bond acceptors (Lipinski definition) is 4. The molecule has 0 spiro atoms. The molecule has 0 aliphatic carbocycles. The fraction of sp³-hybridized carbons (Fsp3) is 0.200. The Morgan fingerprint density at radius 2 is 2.25 bits per heavy atom. The topological polar surface area (TPSA) is 73.3 Å². The maximum Gasteiger partial charge on any atom is 0.138 e. The number of ether oxygens (including phenoxy) is 1. The third-order valence-corrected chi connectivity index (χ3v) is 2.69. The Bertz CT molecular complexity index is 486. The molecule has 0 aromatic heterocycles. The van der Waals surface area contributed by atoms with E-state index < -0.39 is 0 Å². The minimum atomic E-state index is -0.355. The van der Waals surface area contributed by atoms with Gasteiger partial charge in [0.1, 0.15) is 5.75 Å². The van der Waals surface area contributed by atoms with Crippen LogP contribution in [0.15, 0.2) is 55.3 Å². The minimum absolute atomic E-state index is 0.355. The summed E-state index contributed by atoms with van der Waals surface area (Å²) in [6.45, 7) is 4.16. The highest BCUT2D eigenvalue weighted by Gasteiger charge is 2.04. The van der Waals surface area contributed by atoms with Crippen LogP contribution in [0.1, 0.15) is 6.42 Å². The van der Waals surface area contributed by atoms with E-state index >= 15 is 0 Å². The number of allylic oxidation sites excluding steroid dienone is 2. The lowest BCUT2D eigenvalue weighted by atomic mass is 10.3. The molecule has 0 bridgehead atoms. The summed E-state index contributed by atoms with van der Waals surface area (Å²) in [5, 5.41) is 3.58. The summed E-state index contributed by atoms with van der Waals surface area (Å²) < 4.78 is 5.58. The van der Waals surface area contributed by atoms with Gasteiger partial charge in [0, 0.05) is 5.69 Å². The Labute approximate surface area is 124 Å². The Kier molecular flexibility index (Phi) is 7.32. The number of rotatable bonds is 8. The fourth-order valence-electron chi connectivity index (χ4n) is 1.50. The van der Waals surface area contributed by atoms with E-state index in [0.717, 1.165) is 12.1 Å². The molecular weight excluding hydrogens is 274 g/mol. The van der Waals surface area contributed by atoms with E-state index in [4.69, 9.17) is 27.8 Å². The van der Waals surface area contributed by atoms with Gasteiger partial charge in [-0.2, -0.15) is 0 Å². The lowest BCUT2D eigenvalue weighted by Gasteiger charge is -2.13. The van der Waals surface area contributed by atoms with E-state index in [-0.39, 0.29) is 6.17 Å². The molecule has 0 radical (unpaired) electrons. The van der Waals surface area contributed by atoms with Gasteiger partial charge in [-0.15, -0.1) is 0 Å². The van der Waals surface area contributed by atoms with Gasteiger partial charge in [0.05, 0.1) is 17.8 Å². The molecule has 5 N–H and O–H groups in total. The van der Waals surface area contributed by atoms with Crippen molar-refractivity contribution in [2.75, 3.05) is 11.9 Å². The molecule has 0 saturated carbocycles. The maximum atomic E-state index is 6.15. The van der Waals surface area contributed by atoms with Gasteiger partial charge in [0.15, 0.2) is 0 Å². The van der Waals surface area contributed by atoms with Crippen LogP contribution in [-0.2, 0) is 0 Å².